The number of thiazole rings is 1. The van der Waals surface area contributed by atoms with Crippen molar-refractivity contribution in [2.45, 2.75) is 52.3 Å². The van der Waals surface area contributed by atoms with Crippen LogP contribution in [0.5, 0.6) is 0 Å². The van der Waals surface area contributed by atoms with E-state index in [2.05, 4.69) is 46.4 Å². The molecule has 2 aromatic heterocycles. The van der Waals surface area contributed by atoms with Crippen molar-refractivity contribution in [3.63, 3.8) is 0 Å². The first-order valence-electron chi connectivity index (χ1n) is 8.58. The van der Waals surface area contributed by atoms with Crippen LogP contribution < -0.4 is 5.32 Å². The van der Waals surface area contributed by atoms with Crippen molar-refractivity contribution in [1.82, 2.24) is 20.2 Å². The third kappa shape index (κ3) is 6.72. The highest BCUT2D eigenvalue weighted by molar-refractivity contribution is 14.0. The highest BCUT2D eigenvalue weighted by Crippen LogP contribution is 2.23. The molecule has 1 unspecified atom stereocenters. The lowest BCUT2D eigenvalue weighted by Gasteiger charge is -2.20. The second-order valence-corrected chi connectivity index (χ2v) is 8.07. The van der Waals surface area contributed by atoms with Gasteiger partial charge in [0.2, 0.25) is 5.89 Å². The predicted octanol–water partition coefficient (Wildman–Crippen LogP) is 3.96. The Hall–Kier alpha value is -1.20. The molecule has 2 heterocycles. The lowest BCUT2D eigenvalue weighted by atomic mass is 9.94. The quantitative estimate of drug-likeness (QED) is 0.363. The highest BCUT2D eigenvalue weighted by Gasteiger charge is 2.19. The average molecular weight is 507 g/mol. The second-order valence-electron chi connectivity index (χ2n) is 7.18. The molecule has 0 spiro atoms. The lowest BCUT2D eigenvalue weighted by Crippen LogP contribution is -2.38. The first-order chi connectivity index (χ1) is 12.2. The Morgan fingerprint density at radius 1 is 1.44 bits per heavy atom. The standard InChI is InChI=1S/C18H29N5O2S.HI/c1-12(24-7)16-22-13(11-26-16)10-23(6)17(19-5)21-9-15-20-8-14(25-15)18(2,3)4;/h8,11-12H,9-10H2,1-7H3,(H,19,21);1H. The number of rotatable bonds is 6. The van der Waals surface area contributed by atoms with Gasteiger partial charge in [-0.25, -0.2) is 9.97 Å². The number of guanidine groups is 1. The number of nitrogens with one attached hydrogen (secondary N) is 1. The fourth-order valence-electron chi connectivity index (χ4n) is 2.28. The summed E-state index contributed by atoms with van der Waals surface area (Å²) >= 11 is 1.61. The number of hydrogen-bond acceptors (Lipinski definition) is 6. The maximum Gasteiger partial charge on any atom is 0.213 e. The Morgan fingerprint density at radius 3 is 2.70 bits per heavy atom. The van der Waals surface area contributed by atoms with Crippen LogP contribution in [0.1, 0.15) is 56.2 Å². The van der Waals surface area contributed by atoms with Gasteiger partial charge in [-0.15, -0.1) is 35.3 Å². The SMILES string of the molecule is CN=C(NCc1ncc(C(C)(C)C)o1)N(C)Cc1csc(C(C)OC)n1.I. The van der Waals surface area contributed by atoms with Crippen molar-refractivity contribution in [1.29, 1.82) is 0 Å². The molecule has 2 aromatic rings. The summed E-state index contributed by atoms with van der Waals surface area (Å²) in [5.74, 6) is 2.28. The zero-order valence-corrected chi connectivity index (χ0v) is 20.2. The van der Waals surface area contributed by atoms with E-state index in [9.17, 15) is 0 Å². The maximum absolute atomic E-state index is 5.81. The van der Waals surface area contributed by atoms with Gasteiger partial charge < -0.3 is 19.4 Å². The number of oxazole rings is 1. The van der Waals surface area contributed by atoms with E-state index >= 15 is 0 Å². The molecule has 27 heavy (non-hydrogen) atoms. The van der Waals surface area contributed by atoms with Gasteiger partial charge in [0.05, 0.1) is 25.0 Å². The Labute approximate surface area is 182 Å². The van der Waals surface area contributed by atoms with Crippen LogP contribution in [-0.2, 0) is 23.2 Å². The summed E-state index contributed by atoms with van der Waals surface area (Å²) in [6, 6.07) is 0. The summed E-state index contributed by atoms with van der Waals surface area (Å²) in [7, 11) is 5.43. The number of methoxy groups -OCH3 is 1. The van der Waals surface area contributed by atoms with Crippen molar-refractivity contribution < 1.29 is 9.15 Å². The lowest BCUT2D eigenvalue weighted by molar-refractivity contribution is 0.119. The fraction of sp³-hybridized carbons (Fsp3) is 0.611. The van der Waals surface area contributed by atoms with E-state index in [0.29, 0.717) is 19.0 Å². The van der Waals surface area contributed by atoms with Gasteiger partial charge >= 0.3 is 0 Å². The van der Waals surface area contributed by atoms with Gasteiger partial charge in [-0.05, 0) is 6.92 Å². The predicted molar refractivity (Wildman–Crippen MR) is 120 cm³/mol. The number of hydrogen-bond donors (Lipinski definition) is 1. The molecule has 1 N–H and O–H groups in total. The van der Waals surface area contributed by atoms with Crippen molar-refractivity contribution in [3.05, 3.63) is 33.9 Å². The van der Waals surface area contributed by atoms with Crippen LogP contribution in [0.4, 0.5) is 0 Å². The molecule has 9 heteroatoms. The van der Waals surface area contributed by atoms with Crippen LogP contribution >= 0.6 is 35.3 Å². The van der Waals surface area contributed by atoms with Crippen LogP contribution in [0, 0.1) is 0 Å². The van der Waals surface area contributed by atoms with Gasteiger partial charge in [-0.3, -0.25) is 4.99 Å². The van der Waals surface area contributed by atoms with Crippen molar-refractivity contribution in [2.24, 2.45) is 4.99 Å². The van der Waals surface area contributed by atoms with Crippen LogP contribution in [0.3, 0.4) is 0 Å². The smallest absolute Gasteiger partial charge is 0.213 e. The number of aliphatic imine (C=N–C) groups is 1. The molecule has 0 saturated heterocycles. The number of ether oxygens (including phenoxy) is 1. The van der Waals surface area contributed by atoms with E-state index in [4.69, 9.17) is 9.15 Å². The first-order valence-corrected chi connectivity index (χ1v) is 9.46. The monoisotopic (exact) mass is 507 g/mol. The zero-order valence-electron chi connectivity index (χ0n) is 17.1. The Morgan fingerprint density at radius 2 is 2.15 bits per heavy atom. The molecule has 0 aromatic carbocycles. The summed E-state index contributed by atoms with van der Waals surface area (Å²) in [5, 5.41) is 6.32. The van der Waals surface area contributed by atoms with Gasteiger partial charge in [0.25, 0.3) is 0 Å². The molecule has 0 fully saturated rings. The summed E-state index contributed by atoms with van der Waals surface area (Å²) in [6.45, 7) is 9.44. The Bertz CT molecular complexity index is 738. The van der Waals surface area contributed by atoms with Gasteiger partial charge in [0.15, 0.2) is 5.96 Å². The number of nitrogens with zero attached hydrogens (tertiary/aromatic N) is 4. The number of aromatic nitrogens is 2. The van der Waals surface area contributed by atoms with Crippen molar-refractivity contribution in [3.8, 4) is 0 Å². The molecule has 0 bridgehead atoms. The van der Waals surface area contributed by atoms with E-state index in [1.807, 2.05) is 18.9 Å². The van der Waals surface area contributed by atoms with Gasteiger partial charge in [-0.2, -0.15) is 0 Å². The van der Waals surface area contributed by atoms with Crippen LogP contribution in [0.2, 0.25) is 0 Å². The summed E-state index contributed by atoms with van der Waals surface area (Å²) in [6.07, 6.45) is 1.80. The van der Waals surface area contributed by atoms with Gasteiger partial charge in [0, 0.05) is 32.0 Å². The summed E-state index contributed by atoms with van der Waals surface area (Å²) < 4.78 is 11.1. The minimum atomic E-state index is -0.0502. The van der Waals surface area contributed by atoms with E-state index in [1.165, 1.54) is 0 Å². The summed E-state index contributed by atoms with van der Waals surface area (Å²) in [5.41, 5.74) is 0.941. The fourth-order valence-corrected chi connectivity index (χ4v) is 3.12. The highest BCUT2D eigenvalue weighted by atomic mass is 127. The van der Waals surface area contributed by atoms with Crippen molar-refractivity contribution >= 4 is 41.3 Å². The first kappa shape index (κ1) is 23.8. The van der Waals surface area contributed by atoms with Crippen molar-refractivity contribution in [2.75, 3.05) is 21.2 Å². The Kier molecular flexibility index (Phi) is 9.16. The molecule has 0 saturated carbocycles. The maximum atomic E-state index is 5.81. The van der Waals surface area contributed by atoms with Crippen LogP contribution in [0.15, 0.2) is 21.0 Å². The molecule has 2 rings (SSSR count). The molecule has 0 aliphatic rings. The minimum Gasteiger partial charge on any atom is -0.443 e. The molecular formula is C18H30IN5O2S. The van der Waals surface area contributed by atoms with Gasteiger partial charge in [0.1, 0.15) is 16.9 Å². The topological polar surface area (TPSA) is 75.8 Å². The summed E-state index contributed by atoms with van der Waals surface area (Å²) in [4.78, 5) is 15.3. The third-order valence-corrected chi connectivity index (χ3v) is 4.99. The van der Waals surface area contributed by atoms with Gasteiger partial charge in [-0.1, -0.05) is 20.8 Å². The van der Waals surface area contributed by atoms with E-state index in [0.717, 1.165) is 22.4 Å². The minimum absolute atomic E-state index is 0. The third-order valence-electron chi connectivity index (χ3n) is 3.93. The molecule has 1 atom stereocenters. The largest absolute Gasteiger partial charge is 0.443 e. The molecule has 7 nitrogen and oxygen atoms in total. The van der Waals surface area contributed by atoms with Crippen LogP contribution in [-0.4, -0.2) is 42.0 Å². The molecule has 0 aliphatic heterocycles. The van der Waals surface area contributed by atoms with E-state index in [-0.39, 0.29) is 35.5 Å². The average Bonchev–Trinajstić information content (AvgIpc) is 3.23. The molecule has 152 valence electrons. The number of halogens is 1. The molecule has 0 radical (unpaired) electrons. The van der Waals surface area contributed by atoms with Crippen LogP contribution in [0.25, 0.3) is 0 Å². The van der Waals surface area contributed by atoms with E-state index < -0.39 is 0 Å². The molecular weight excluding hydrogens is 477 g/mol. The molecule has 0 amide bonds. The normalized spacial score (nSPS) is 13.2. The molecule has 0 aliphatic carbocycles. The van der Waals surface area contributed by atoms with E-state index in [1.54, 1.807) is 31.7 Å². The zero-order chi connectivity index (χ0) is 19.3. The Balaban J connectivity index is 0.00000364. The second kappa shape index (κ2) is 10.4.